The number of nitrogens with zero attached hydrogens (tertiary/aromatic N) is 1. The van der Waals surface area contributed by atoms with E-state index in [1.807, 2.05) is 84.9 Å². The van der Waals surface area contributed by atoms with Crippen LogP contribution in [0.25, 0.3) is 0 Å². The van der Waals surface area contributed by atoms with Gasteiger partial charge in [0.05, 0.1) is 25.3 Å². The minimum Gasteiger partial charge on any atom is -0.469 e. The van der Waals surface area contributed by atoms with Gasteiger partial charge in [-0.05, 0) is 39.2 Å². The second kappa shape index (κ2) is 10.6. The minimum atomic E-state index is -0.367. The van der Waals surface area contributed by atoms with E-state index in [0.717, 1.165) is 15.6 Å². The smallest absolute Gasteiger partial charge is 0.322 e. The molecule has 0 atom stereocenters. The summed E-state index contributed by atoms with van der Waals surface area (Å²) in [6, 6.07) is 26.3. The van der Waals surface area contributed by atoms with Crippen LogP contribution in [-0.4, -0.2) is 30.6 Å². The molecule has 0 spiro atoms. The molecule has 6 heteroatoms. The minimum absolute atomic E-state index is 0.0933. The standard InChI is InChI=1S/C24H23BrN2O3/c1-30-22(28)16-17-27(24(29)26-21-15-9-8-14-20(21)25)23(18-10-4-2-5-11-18)19-12-6-3-7-13-19/h2-15,23H,16-17H2,1H3,(H,26,29). The van der Waals surface area contributed by atoms with E-state index in [-0.39, 0.29) is 31.0 Å². The van der Waals surface area contributed by atoms with Gasteiger partial charge in [-0.25, -0.2) is 4.79 Å². The Morgan fingerprint density at radius 1 is 0.900 bits per heavy atom. The fraction of sp³-hybridized carbons (Fsp3) is 0.167. The van der Waals surface area contributed by atoms with Crippen LogP contribution in [0.15, 0.2) is 89.4 Å². The number of anilines is 1. The zero-order chi connectivity index (χ0) is 21.3. The van der Waals surface area contributed by atoms with Crippen LogP contribution < -0.4 is 5.32 Å². The Hall–Kier alpha value is -3.12. The van der Waals surface area contributed by atoms with Crippen molar-refractivity contribution >= 4 is 33.6 Å². The number of methoxy groups -OCH3 is 1. The van der Waals surface area contributed by atoms with E-state index >= 15 is 0 Å². The van der Waals surface area contributed by atoms with Crippen molar-refractivity contribution in [1.29, 1.82) is 0 Å². The largest absolute Gasteiger partial charge is 0.469 e. The van der Waals surface area contributed by atoms with Crippen molar-refractivity contribution in [1.82, 2.24) is 4.90 Å². The molecule has 0 aromatic heterocycles. The van der Waals surface area contributed by atoms with Crippen molar-refractivity contribution in [3.05, 3.63) is 101 Å². The predicted molar refractivity (Wildman–Crippen MR) is 121 cm³/mol. The Morgan fingerprint density at radius 3 is 1.97 bits per heavy atom. The van der Waals surface area contributed by atoms with Crippen LogP contribution in [0.4, 0.5) is 10.5 Å². The molecule has 3 rings (SSSR count). The van der Waals surface area contributed by atoms with Crippen LogP contribution in [0, 0.1) is 0 Å². The molecular formula is C24H23BrN2O3. The van der Waals surface area contributed by atoms with Gasteiger partial charge in [-0.1, -0.05) is 72.8 Å². The first-order valence-electron chi connectivity index (χ1n) is 9.59. The quantitative estimate of drug-likeness (QED) is 0.458. The molecule has 1 N–H and O–H groups in total. The first-order valence-corrected chi connectivity index (χ1v) is 10.4. The fourth-order valence-electron chi connectivity index (χ4n) is 3.23. The van der Waals surface area contributed by atoms with Gasteiger partial charge in [-0.2, -0.15) is 0 Å². The monoisotopic (exact) mass is 466 g/mol. The van der Waals surface area contributed by atoms with Gasteiger partial charge in [0.2, 0.25) is 0 Å². The van der Waals surface area contributed by atoms with E-state index in [2.05, 4.69) is 21.2 Å². The molecule has 154 valence electrons. The number of para-hydroxylation sites is 1. The third kappa shape index (κ3) is 5.48. The van der Waals surface area contributed by atoms with Crippen molar-refractivity contribution < 1.29 is 14.3 Å². The molecule has 0 fully saturated rings. The van der Waals surface area contributed by atoms with E-state index in [0.29, 0.717) is 5.69 Å². The molecule has 30 heavy (non-hydrogen) atoms. The number of nitrogens with one attached hydrogen (secondary N) is 1. The summed E-state index contributed by atoms with van der Waals surface area (Å²) < 4.78 is 5.58. The molecule has 0 saturated carbocycles. The number of halogens is 1. The lowest BCUT2D eigenvalue weighted by molar-refractivity contribution is -0.140. The highest BCUT2D eigenvalue weighted by Gasteiger charge is 2.27. The maximum absolute atomic E-state index is 13.4. The molecule has 0 unspecified atom stereocenters. The number of ether oxygens (including phenoxy) is 1. The van der Waals surface area contributed by atoms with Gasteiger partial charge in [0.1, 0.15) is 0 Å². The number of carbonyl (C=O) groups excluding carboxylic acids is 2. The highest BCUT2D eigenvalue weighted by molar-refractivity contribution is 9.10. The topological polar surface area (TPSA) is 58.6 Å². The summed E-state index contributed by atoms with van der Waals surface area (Å²) in [4.78, 5) is 26.9. The maximum Gasteiger partial charge on any atom is 0.322 e. The molecule has 0 aliphatic heterocycles. The number of benzene rings is 3. The first kappa shape index (κ1) is 21.6. The van der Waals surface area contributed by atoms with Gasteiger partial charge in [-0.3, -0.25) is 4.79 Å². The summed E-state index contributed by atoms with van der Waals surface area (Å²) in [7, 11) is 1.35. The van der Waals surface area contributed by atoms with Gasteiger partial charge in [0.25, 0.3) is 0 Å². The van der Waals surface area contributed by atoms with E-state index in [1.165, 1.54) is 7.11 Å². The van der Waals surface area contributed by atoms with Crippen molar-refractivity contribution in [3.8, 4) is 0 Å². The molecule has 3 aromatic carbocycles. The molecule has 0 aliphatic carbocycles. The average molecular weight is 467 g/mol. The van der Waals surface area contributed by atoms with E-state index in [1.54, 1.807) is 4.90 Å². The van der Waals surface area contributed by atoms with Crippen molar-refractivity contribution in [3.63, 3.8) is 0 Å². The molecule has 0 radical (unpaired) electrons. The lowest BCUT2D eigenvalue weighted by atomic mass is 9.97. The number of hydrogen-bond donors (Lipinski definition) is 1. The summed E-state index contributed by atoms with van der Waals surface area (Å²) in [5, 5.41) is 2.96. The molecule has 0 bridgehead atoms. The fourth-order valence-corrected chi connectivity index (χ4v) is 3.62. The Bertz CT molecular complexity index is 941. The summed E-state index contributed by atoms with van der Waals surface area (Å²) in [5.41, 5.74) is 2.57. The van der Waals surface area contributed by atoms with Gasteiger partial charge in [-0.15, -0.1) is 0 Å². The molecule has 3 aromatic rings. The zero-order valence-electron chi connectivity index (χ0n) is 16.6. The van der Waals surface area contributed by atoms with Crippen LogP contribution in [0.2, 0.25) is 0 Å². The third-order valence-corrected chi connectivity index (χ3v) is 5.39. The summed E-state index contributed by atoms with van der Waals surface area (Å²) >= 11 is 3.47. The van der Waals surface area contributed by atoms with Crippen molar-refractivity contribution in [2.24, 2.45) is 0 Å². The van der Waals surface area contributed by atoms with Gasteiger partial charge in [0, 0.05) is 11.0 Å². The number of hydrogen-bond acceptors (Lipinski definition) is 3. The zero-order valence-corrected chi connectivity index (χ0v) is 18.2. The summed E-state index contributed by atoms with van der Waals surface area (Å²) in [6.07, 6.45) is 0.0933. The van der Waals surface area contributed by atoms with Gasteiger partial charge < -0.3 is 15.0 Å². The average Bonchev–Trinajstić information content (AvgIpc) is 2.79. The molecule has 2 amide bonds. The lowest BCUT2D eigenvalue weighted by Gasteiger charge is -2.32. The highest BCUT2D eigenvalue weighted by Crippen LogP contribution is 2.30. The van der Waals surface area contributed by atoms with Gasteiger partial charge >= 0.3 is 12.0 Å². The number of esters is 1. The Labute approximate surface area is 184 Å². The van der Waals surface area contributed by atoms with Crippen LogP contribution in [0.1, 0.15) is 23.6 Å². The molecular weight excluding hydrogens is 444 g/mol. The lowest BCUT2D eigenvalue weighted by Crippen LogP contribution is -2.40. The Morgan fingerprint density at radius 2 is 1.43 bits per heavy atom. The first-order chi connectivity index (χ1) is 14.6. The number of rotatable bonds is 7. The number of urea groups is 1. The van der Waals surface area contributed by atoms with Gasteiger partial charge in [0.15, 0.2) is 0 Å². The summed E-state index contributed by atoms with van der Waals surface area (Å²) in [5.74, 6) is -0.367. The molecule has 0 saturated heterocycles. The molecule has 0 heterocycles. The van der Waals surface area contributed by atoms with Crippen LogP contribution >= 0.6 is 15.9 Å². The Balaban J connectivity index is 1.99. The van der Waals surface area contributed by atoms with E-state index < -0.39 is 0 Å². The highest BCUT2D eigenvalue weighted by atomic mass is 79.9. The number of carbonyl (C=O) groups is 2. The predicted octanol–water partition coefficient (Wildman–Crippen LogP) is 5.64. The van der Waals surface area contributed by atoms with Crippen LogP contribution in [0.5, 0.6) is 0 Å². The van der Waals surface area contributed by atoms with E-state index in [4.69, 9.17) is 4.74 Å². The van der Waals surface area contributed by atoms with Crippen molar-refractivity contribution in [2.45, 2.75) is 12.5 Å². The van der Waals surface area contributed by atoms with E-state index in [9.17, 15) is 9.59 Å². The second-order valence-corrected chi connectivity index (χ2v) is 7.51. The SMILES string of the molecule is COC(=O)CCN(C(=O)Nc1ccccc1Br)C(c1ccccc1)c1ccccc1. The molecule has 5 nitrogen and oxygen atoms in total. The molecule has 0 aliphatic rings. The van der Waals surface area contributed by atoms with Crippen molar-refractivity contribution in [2.75, 3.05) is 19.0 Å². The third-order valence-electron chi connectivity index (χ3n) is 4.70. The van der Waals surface area contributed by atoms with Crippen LogP contribution in [0.3, 0.4) is 0 Å². The second-order valence-electron chi connectivity index (χ2n) is 6.65. The summed E-state index contributed by atoms with van der Waals surface area (Å²) in [6.45, 7) is 0.206. The normalized spacial score (nSPS) is 10.5. The van der Waals surface area contributed by atoms with Crippen LogP contribution in [-0.2, 0) is 9.53 Å². The maximum atomic E-state index is 13.4. The number of amides is 2. The Kier molecular flexibility index (Phi) is 7.63.